The molecule has 0 radical (unpaired) electrons. The van der Waals surface area contributed by atoms with Gasteiger partial charge in [0.15, 0.2) is 0 Å². The minimum absolute atomic E-state index is 0.0534. The number of carboxylic acids is 1. The van der Waals surface area contributed by atoms with Gasteiger partial charge >= 0.3 is 5.97 Å². The third kappa shape index (κ3) is 9.65. The lowest BCUT2D eigenvalue weighted by atomic mass is 9.87. The van der Waals surface area contributed by atoms with Crippen LogP contribution in [0.5, 0.6) is 0 Å². The molecule has 230 valence electrons. The maximum atomic E-state index is 15.8. The van der Waals surface area contributed by atoms with Crippen LogP contribution in [-0.4, -0.2) is 60.0 Å². The Balaban J connectivity index is 1.67. The fraction of sp³-hybridized carbons (Fsp3) is 0.394. The van der Waals surface area contributed by atoms with Crippen molar-refractivity contribution >= 4 is 11.9 Å². The van der Waals surface area contributed by atoms with Gasteiger partial charge in [0.2, 0.25) is 5.91 Å². The number of aliphatic carboxylic acids is 1. The van der Waals surface area contributed by atoms with Gasteiger partial charge in [-0.05, 0) is 16.7 Å². The first-order chi connectivity index (χ1) is 20.7. The Morgan fingerprint density at radius 2 is 1.30 bits per heavy atom. The fourth-order valence-electron chi connectivity index (χ4n) is 5.04. The summed E-state index contributed by atoms with van der Waals surface area (Å²) in [5, 5.41) is 11.7. The van der Waals surface area contributed by atoms with E-state index in [4.69, 9.17) is 24.1 Å². The van der Waals surface area contributed by atoms with Gasteiger partial charge in [0.25, 0.3) is 5.92 Å². The molecular formula is C33H37F2NO7. The molecule has 1 aliphatic heterocycles. The summed E-state index contributed by atoms with van der Waals surface area (Å²) in [6.45, 7) is 1.49. The van der Waals surface area contributed by atoms with E-state index in [1.54, 1.807) is 0 Å². The summed E-state index contributed by atoms with van der Waals surface area (Å²) in [7, 11) is 0. The van der Waals surface area contributed by atoms with E-state index in [1.807, 2.05) is 91.0 Å². The zero-order valence-corrected chi connectivity index (χ0v) is 23.9. The summed E-state index contributed by atoms with van der Waals surface area (Å²) >= 11 is 0. The number of hydrogen-bond acceptors (Lipinski definition) is 6. The number of carboxylic acid groups (broad SMARTS) is 1. The second kappa shape index (κ2) is 15.7. The summed E-state index contributed by atoms with van der Waals surface area (Å²) in [5.41, 5.74) is 2.53. The molecule has 5 atom stereocenters. The molecule has 0 spiro atoms. The highest BCUT2D eigenvalue weighted by atomic mass is 19.3. The van der Waals surface area contributed by atoms with Gasteiger partial charge in [-0.2, -0.15) is 0 Å². The molecule has 0 aliphatic carbocycles. The Bertz CT molecular complexity index is 1280. The molecule has 1 aliphatic rings. The summed E-state index contributed by atoms with van der Waals surface area (Å²) in [6.07, 6.45) is -6.71. The van der Waals surface area contributed by atoms with Crippen molar-refractivity contribution in [1.82, 2.24) is 5.32 Å². The van der Waals surface area contributed by atoms with Crippen molar-refractivity contribution in [2.75, 3.05) is 6.61 Å². The predicted molar refractivity (Wildman–Crippen MR) is 154 cm³/mol. The molecule has 1 fully saturated rings. The Labute approximate surface area is 249 Å². The van der Waals surface area contributed by atoms with E-state index in [0.717, 1.165) is 16.7 Å². The minimum Gasteiger partial charge on any atom is -0.481 e. The van der Waals surface area contributed by atoms with Crippen molar-refractivity contribution in [3.8, 4) is 0 Å². The Morgan fingerprint density at radius 1 is 0.814 bits per heavy atom. The smallest absolute Gasteiger partial charge is 0.303 e. The number of carbonyl (C=O) groups is 2. The first kappa shape index (κ1) is 32.2. The maximum absolute atomic E-state index is 15.8. The molecule has 0 bridgehead atoms. The van der Waals surface area contributed by atoms with Crippen molar-refractivity contribution in [1.29, 1.82) is 0 Å². The molecule has 1 amide bonds. The largest absolute Gasteiger partial charge is 0.481 e. The number of nitrogens with one attached hydrogen (secondary N) is 1. The van der Waals surface area contributed by atoms with E-state index in [9.17, 15) is 9.59 Å². The molecule has 8 nitrogen and oxygen atoms in total. The Morgan fingerprint density at radius 3 is 1.79 bits per heavy atom. The first-order valence-electron chi connectivity index (χ1n) is 14.2. The van der Waals surface area contributed by atoms with E-state index in [2.05, 4.69) is 5.32 Å². The monoisotopic (exact) mass is 597 g/mol. The predicted octanol–water partition coefficient (Wildman–Crippen LogP) is 5.15. The van der Waals surface area contributed by atoms with Crippen molar-refractivity contribution in [2.24, 2.45) is 0 Å². The average Bonchev–Trinajstić information content (AvgIpc) is 3.00. The van der Waals surface area contributed by atoms with Crippen LogP contribution in [0.2, 0.25) is 0 Å². The highest BCUT2D eigenvalue weighted by Gasteiger charge is 2.56. The van der Waals surface area contributed by atoms with Crippen LogP contribution < -0.4 is 5.32 Å². The molecule has 5 unspecified atom stereocenters. The third-order valence-corrected chi connectivity index (χ3v) is 7.11. The second-order valence-electron chi connectivity index (χ2n) is 10.5. The lowest BCUT2D eigenvalue weighted by Crippen LogP contribution is -2.69. The normalized spacial score (nSPS) is 22.2. The second-order valence-corrected chi connectivity index (χ2v) is 10.5. The molecule has 1 heterocycles. The number of ether oxygens (including phenoxy) is 4. The van der Waals surface area contributed by atoms with Crippen LogP contribution in [0.25, 0.3) is 0 Å². The van der Waals surface area contributed by atoms with Crippen LogP contribution in [0.15, 0.2) is 91.0 Å². The SMILES string of the molecule is CC(=O)NC1C(OCc2ccccc2)C(OCc2ccccc2)C(COCc2ccccc2)OC1C(F)(F)CCC(=O)O. The van der Waals surface area contributed by atoms with Gasteiger partial charge < -0.3 is 29.4 Å². The number of carbonyl (C=O) groups excluding carboxylic acids is 1. The van der Waals surface area contributed by atoms with E-state index < -0.39 is 61.1 Å². The molecule has 1 saturated heterocycles. The lowest BCUT2D eigenvalue weighted by Gasteiger charge is -2.48. The number of amides is 1. The molecular weight excluding hydrogens is 560 g/mol. The summed E-state index contributed by atoms with van der Waals surface area (Å²) in [6, 6.07) is 26.6. The molecule has 0 aromatic heterocycles. The molecule has 43 heavy (non-hydrogen) atoms. The van der Waals surface area contributed by atoms with E-state index >= 15 is 8.78 Å². The van der Waals surface area contributed by atoms with Crippen molar-refractivity contribution in [3.05, 3.63) is 108 Å². The van der Waals surface area contributed by atoms with Crippen molar-refractivity contribution in [2.45, 2.75) is 76.0 Å². The van der Waals surface area contributed by atoms with Crippen molar-refractivity contribution in [3.63, 3.8) is 0 Å². The number of halogens is 2. The van der Waals surface area contributed by atoms with Crippen LogP contribution >= 0.6 is 0 Å². The third-order valence-electron chi connectivity index (χ3n) is 7.11. The Kier molecular flexibility index (Phi) is 11.7. The number of benzene rings is 3. The van der Waals surface area contributed by atoms with E-state index in [-0.39, 0.29) is 26.4 Å². The van der Waals surface area contributed by atoms with Gasteiger partial charge in [-0.3, -0.25) is 9.59 Å². The number of hydrogen-bond donors (Lipinski definition) is 2. The summed E-state index contributed by atoms with van der Waals surface area (Å²) < 4.78 is 56.1. The maximum Gasteiger partial charge on any atom is 0.303 e. The van der Waals surface area contributed by atoms with E-state index in [1.165, 1.54) is 6.92 Å². The lowest BCUT2D eigenvalue weighted by molar-refractivity contribution is -0.274. The fourth-order valence-corrected chi connectivity index (χ4v) is 5.04. The molecule has 3 aromatic rings. The standard InChI is InChI=1S/C33H37F2NO7/c1-23(37)36-29-31(42-21-26-15-9-4-10-16-26)30(41-20-25-13-7-3-8-14-25)27(22-40-19-24-11-5-2-6-12-24)43-32(29)33(34,35)18-17-28(38)39/h2-16,27,29-32H,17-22H2,1H3,(H,36,37)(H,38,39). The number of alkyl halides is 2. The minimum atomic E-state index is -3.62. The molecule has 4 rings (SSSR count). The van der Waals surface area contributed by atoms with Gasteiger partial charge in [0.1, 0.15) is 24.4 Å². The highest BCUT2D eigenvalue weighted by molar-refractivity contribution is 5.73. The molecule has 3 aromatic carbocycles. The van der Waals surface area contributed by atoms with Gasteiger partial charge in [-0.15, -0.1) is 0 Å². The highest BCUT2D eigenvalue weighted by Crippen LogP contribution is 2.38. The number of rotatable bonds is 15. The van der Waals surface area contributed by atoms with Gasteiger partial charge in [-0.1, -0.05) is 91.0 Å². The molecule has 10 heteroatoms. The van der Waals surface area contributed by atoms with Crippen LogP contribution in [0.1, 0.15) is 36.5 Å². The zero-order valence-electron chi connectivity index (χ0n) is 23.9. The van der Waals surface area contributed by atoms with Crippen LogP contribution in [-0.2, 0) is 48.4 Å². The molecule has 2 N–H and O–H groups in total. The van der Waals surface area contributed by atoms with Crippen molar-refractivity contribution < 1.29 is 42.4 Å². The molecule has 0 saturated carbocycles. The topological polar surface area (TPSA) is 103 Å². The van der Waals surface area contributed by atoms with Gasteiger partial charge in [-0.25, -0.2) is 8.78 Å². The average molecular weight is 598 g/mol. The van der Waals surface area contributed by atoms with Crippen LogP contribution in [0.4, 0.5) is 8.78 Å². The van der Waals surface area contributed by atoms with Gasteiger partial charge in [0, 0.05) is 13.3 Å². The zero-order chi connectivity index (χ0) is 30.7. The van der Waals surface area contributed by atoms with E-state index in [0.29, 0.717) is 0 Å². The van der Waals surface area contributed by atoms with Crippen LogP contribution in [0, 0.1) is 0 Å². The first-order valence-corrected chi connectivity index (χ1v) is 14.2. The summed E-state index contributed by atoms with van der Waals surface area (Å²) in [5.74, 6) is -5.56. The van der Waals surface area contributed by atoms with Gasteiger partial charge in [0.05, 0.1) is 38.9 Å². The quantitative estimate of drug-likeness (QED) is 0.250. The Hall–Kier alpha value is -3.70. The summed E-state index contributed by atoms with van der Waals surface area (Å²) in [4.78, 5) is 23.6. The van der Waals surface area contributed by atoms with Crippen LogP contribution in [0.3, 0.4) is 0 Å².